The Balaban J connectivity index is 1.90. The molecule has 3 aromatic rings. The predicted molar refractivity (Wildman–Crippen MR) is 86.6 cm³/mol. The molecule has 0 radical (unpaired) electrons. The van der Waals surface area contributed by atoms with Crippen LogP contribution in [-0.4, -0.2) is 9.97 Å². The number of halogens is 1. The van der Waals surface area contributed by atoms with Crippen molar-refractivity contribution in [3.05, 3.63) is 65.9 Å². The van der Waals surface area contributed by atoms with E-state index in [2.05, 4.69) is 15.3 Å². The van der Waals surface area contributed by atoms with Gasteiger partial charge in [0.2, 0.25) is 0 Å². The second kappa shape index (κ2) is 5.81. The lowest BCUT2D eigenvalue weighted by Gasteiger charge is -2.08. The molecular weight excluding hydrogens is 284 g/mol. The second-order valence-corrected chi connectivity index (χ2v) is 4.94. The Morgan fingerprint density at radius 3 is 2.48 bits per heavy atom. The number of hydrogen-bond donors (Lipinski definition) is 2. The van der Waals surface area contributed by atoms with Gasteiger partial charge in [-0.3, -0.25) is 0 Å². The van der Waals surface area contributed by atoms with Crippen molar-refractivity contribution in [1.29, 1.82) is 0 Å². The van der Waals surface area contributed by atoms with Gasteiger partial charge in [-0.2, -0.15) is 0 Å². The molecule has 0 atom stereocenters. The summed E-state index contributed by atoms with van der Waals surface area (Å²) < 4.78 is 0. The van der Waals surface area contributed by atoms with Gasteiger partial charge in [0.05, 0.1) is 5.69 Å². The van der Waals surface area contributed by atoms with Crippen LogP contribution >= 0.6 is 11.6 Å². The number of nitrogen functional groups attached to an aromatic ring is 1. The molecule has 0 saturated heterocycles. The number of aromatic nitrogens is 2. The zero-order valence-corrected chi connectivity index (χ0v) is 11.9. The van der Waals surface area contributed by atoms with E-state index in [9.17, 15) is 0 Å². The van der Waals surface area contributed by atoms with E-state index in [-0.39, 0.29) is 0 Å². The van der Waals surface area contributed by atoms with E-state index in [1.54, 1.807) is 0 Å². The van der Waals surface area contributed by atoms with Crippen LogP contribution in [0.25, 0.3) is 11.3 Å². The molecule has 1 heterocycles. The van der Waals surface area contributed by atoms with Crippen LogP contribution in [0.3, 0.4) is 0 Å². The van der Waals surface area contributed by atoms with Gasteiger partial charge in [-0.1, -0.05) is 29.8 Å². The van der Waals surface area contributed by atoms with E-state index in [1.165, 1.54) is 6.33 Å². The Morgan fingerprint density at radius 2 is 1.71 bits per heavy atom. The molecule has 4 nitrogen and oxygen atoms in total. The molecule has 0 spiro atoms. The number of benzene rings is 2. The van der Waals surface area contributed by atoms with Crippen molar-refractivity contribution >= 4 is 28.8 Å². The van der Waals surface area contributed by atoms with Crippen molar-refractivity contribution in [3.8, 4) is 11.3 Å². The van der Waals surface area contributed by atoms with Gasteiger partial charge < -0.3 is 11.1 Å². The number of hydrogen-bond acceptors (Lipinski definition) is 4. The van der Waals surface area contributed by atoms with Gasteiger partial charge in [0.1, 0.15) is 12.1 Å². The van der Waals surface area contributed by atoms with Crippen molar-refractivity contribution in [3.63, 3.8) is 0 Å². The zero-order chi connectivity index (χ0) is 14.7. The Bertz CT molecular complexity index is 756. The molecule has 0 amide bonds. The third-order valence-corrected chi connectivity index (χ3v) is 3.27. The average molecular weight is 297 g/mol. The van der Waals surface area contributed by atoms with Crippen LogP contribution < -0.4 is 11.1 Å². The van der Waals surface area contributed by atoms with Gasteiger partial charge >= 0.3 is 0 Å². The fraction of sp³-hybridized carbons (Fsp3) is 0. The van der Waals surface area contributed by atoms with Gasteiger partial charge in [-0.25, -0.2) is 9.97 Å². The van der Waals surface area contributed by atoms with Crippen molar-refractivity contribution in [2.24, 2.45) is 0 Å². The molecule has 0 aliphatic heterocycles. The molecule has 0 fully saturated rings. The summed E-state index contributed by atoms with van der Waals surface area (Å²) >= 11 is 5.87. The molecule has 0 unspecified atom stereocenters. The number of nitrogens with one attached hydrogen (secondary N) is 1. The maximum atomic E-state index is 5.98. The molecule has 3 rings (SSSR count). The Morgan fingerprint density at radius 1 is 0.952 bits per heavy atom. The zero-order valence-electron chi connectivity index (χ0n) is 11.1. The maximum Gasteiger partial charge on any atom is 0.134 e. The topological polar surface area (TPSA) is 63.8 Å². The van der Waals surface area contributed by atoms with E-state index in [0.29, 0.717) is 16.5 Å². The van der Waals surface area contributed by atoms with Crippen molar-refractivity contribution < 1.29 is 0 Å². The summed E-state index contributed by atoms with van der Waals surface area (Å²) in [4.78, 5) is 8.49. The maximum absolute atomic E-state index is 5.98. The highest BCUT2D eigenvalue weighted by Gasteiger charge is 2.05. The monoisotopic (exact) mass is 296 g/mol. The van der Waals surface area contributed by atoms with Crippen LogP contribution in [-0.2, 0) is 0 Å². The lowest BCUT2D eigenvalue weighted by molar-refractivity contribution is 1.17. The minimum absolute atomic E-state index is 0.689. The van der Waals surface area contributed by atoms with Gasteiger partial charge in [0.15, 0.2) is 0 Å². The minimum atomic E-state index is 0.689. The molecule has 0 aliphatic rings. The summed E-state index contributed by atoms with van der Waals surface area (Å²) in [6.07, 6.45) is 1.51. The van der Waals surface area contributed by atoms with E-state index >= 15 is 0 Å². The number of anilines is 3. The SMILES string of the molecule is Nc1ccccc1-c1cc(Nc2ccc(Cl)cc2)ncn1. The first-order valence-electron chi connectivity index (χ1n) is 6.42. The first kappa shape index (κ1) is 13.4. The first-order chi connectivity index (χ1) is 10.2. The number of rotatable bonds is 3. The van der Waals surface area contributed by atoms with Crippen LogP contribution in [0.4, 0.5) is 17.2 Å². The van der Waals surface area contributed by atoms with Crippen LogP contribution in [0.15, 0.2) is 60.9 Å². The number of nitrogens with two attached hydrogens (primary N) is 1. The summed E-state index contributed by atoms with van der Waals surface area (Å²) in [7, 11) is 0. The standard InChI is InChI=1S/C16H13ClN4/c17-11-5-7-12(8-6-11)21-16-9-15(19-10-20-16)13-3-1-2-4-14(13)18/h1-10H,18H2,(H,19,20,21). The minimum Gasteiger partial charge on any atom is -0.398 e. The van der Waals surface area contributed by atoms with Gasteiger partial charge in [0, 0.05) is 28.0 Å². The Kier molecular flexibility index (Phi) is 3.71. The molecule has 1 aromatic heterocycles. The number of para-hydroxylation sites is 1. The Hall–Kier alpha value is -2.59. The van der Waals surface area contributed by atoms with Crippen molar-refractivity contribution in [2.75, 3.05) is 11.1 Å². The van der Waals surface area contributed by atoms with Gasteiger partial charge in [-0.05, 0) is 30.3 Å². The highest BCUT2D eigenvalue weighted by atomic mass is 35.5. The van der Waals surface area contributed by atoms with Gasteiger partial charge in [-0.15, -0.1) is 0 Å². The van der Waals surface area contributed by atoms with Gasteiger partial charge in [0.25, 0.3) is 0 Å². The summed E-state index contributed by atoms with van der Waals surface area (Å²) in [6.45, 7) is 0. The van der Waals surface area contributed by atoms with Crippen LogP contribution in [0, 0.1) is 0 Å². The molecule has 2 aromatic carbocycles. The fourth-order valence-electron chi connectivity index (χ4n) is 1.98. The average Bonchev–Trinajstić information content (AvgIpc) is 2.50. The highest BCUT2D eigenvalue weighted by molar-refractivity contribution is 6.30. The van der Waals surface area contributed by atoms with E-state index < -0.39 is 0 Å². The summed E-state index contributed by atoms with van der Waals surface area (Å²) in [5.41, 5.74) is 9.24. The second-order valence-electron chi connectivity index (χ2n) is 4.51. The highest BCUT2D eigenvalue weighted by Crippen LogP contribution is 2.25. The summed E-state index contributed by atoms with van der Waals surface area (Å²) in [5, 5.41) is 3.91. The first-order valence-corrected chi connectivity index (χ1v) is 6.80. The lowest BCUT2D eigenvalue weighted by Crippen LogP contribution is -1.97. The van der Waals surface area contributed by atoms with E-state index in [0.717, 1.165) is 16.9 Å². The molecular formula is C16H13ClN4. The molecule has 3 N–H and O–H groups in total. The molecule has 21 heavy (non-hydrogen) atoms. The van der Waals surface area contributed by atoms with Crippen LogP contribution in [0.2, 0.25) is 5.02 Å². The van der Waals surface area contributed by atoms with Crippen LogP contribution in [0.1, 0.15) is 0 Å². The third kappa shape index (κ3) is 3.12. The molecule has 0 aliphatic carbocycles. The van der Waals surface area contributed by atoms with Crippen molar-refractivity contribution in [2.45, 2.75) is 0 Å². The van der Waals surface area contributed by atoms with Crippen molar-refractivity contribution in [1.82, 2.24) is 9.97 Å². The smallest absolute Gasteiger partial charge is 0.134 e. The summed E-state index contributed by atoms with van der Waals surface area (Å²) in [6, 6.07) is 16.9. The Labute approximate surface area is 127 Å². The number of nitrogens with zero attached hydrogens (tertiary/aromatic N) is 2. The van der Waals surface area contributed by atoms with Crippen LogP contribution in [0.5, 0.6) is 0 Å². The molecule has 5 heteroatoms. The third-order valence-electron chi connectivity index (χ3n) is 3.02. The van der Waals surface area contributed by atoms with E-state index in [4.69, 9.17) is 17.3 Å². The molecule has 104 valence electrons. The fourth-order valence-corrected chi connectivity index (χ4v) is 2.11. The van der Waals surface area contributed by atoms with E-state index in [1.807, 2.05) is 54.6 Å². The normalized spacial score (nSPS) is 10.3. The largest absolute Gasteiger partial charge is 0.398 e. The predicted octanol–water partition coefficient (Wildman–Crippen LogP) is 4.12. The quantitative estimate of drug-likeness (QED) is 0.714. The lowest BCUT2D eigenvalue weighted by atomic mass is 10.1. The summed E-state index contributed by atoms with van der Waals surface area (Å²) in [5.74, 6) is 0.700. The molecule has 0 saturated carbocycles. The molecule has 0 bridgehead atoms.